The lowest BCUT2D eigenvalue weighted by molar-refractivity contribution is 0.314. The molecule has 3 N–H and O–H groups in total. The highest BCUT2D eigenvalue weighted by Gasteiger charge is 2.14. The first kappa shape index (κ1) is 15.2. The van der Waals surface area contributed by atoms with Crippen molar-refractivity contribution in [2.75, 3.05) is 18.5 Å². The molecule has 0 aliphatic carbocycles. The monoisotopic (exact) mass is 265 g/mol. The van der Waals surface area contributed by atoms with E-state index >= 15 is 0 Å². The molecule has 0 spiro atoms. The Morgan fingerprint density at radius 1 is 1.42 bits per heavy atom. The van der Waals surface area contributed by atoms with E-state index in [-0.39, 0.29) is 11.8 Å². The maximum Gasteiger partial charge on any atom is 0.225 e. The topological polar surface area (TPSA) is 87.6 Å². The van der Waals surface area contributed by atoms with Crippen LogP contribution in [0.3, 0.4) is 0 Å². The summed E-state index contributed by atoms with van der Waals surface area (Å²) in [6.45, 7) is 8.65. The minimum atomic E-state index is -0.0680. The Hall–Kier alpha value is -1.85. The lowest BCUT2D eigenvalue weighted by Gasteiger charge is -2.22. The van der Waals surface area contributed by atoms with Crippen molar-refractivity contribution in [2.24, 2.45) is 16.8 Å². The van der Waals surface area contributed by atoms with Gasteiger partial charge in [-0.15, -0.1) is 0 Å². The molecule has 1 rings (SSSR count). The predicted molar refractivity (Wildman–Crippen MR) is 76.7 cm³/mol. The van der Waals surface area contributed by atoms with E-state index in [9.17, 15) is 0 Å². The van der Waals surface area contributed by atoms with Crippen LogP contribution < -0.4 is 10.6 Å². The van der Waals surface area contributed by atoms with Crippen molar-refractivity contribution in [3.05, 3.63) is 17.5 Å². The third-order valence-corrected chi connectivity index (χ3v) is 2.96. The van der Waals surface area contributed by atoms with Gasteiger partial charge in [0.1, 0.15) is 5.84 Å². The van der Waals surface area contributed by atoms with Gasteiger partial charge in [-0.25, -0.2) is 9.97 Å². The van der Waals surface area contributed by atoms with Crippen molar-refractivity contribution in [2.45, 2.75) is 33.6 Å². The van der Waals surface area contributed by atoms with Gasteiger partial charge in [-0.05, 0) is 18.9 Å². The number of amidine groups is 1. The van der Waals surface area contributed by atoms with E-state index in [4.69, 9.17) is 10.9 Å². The van der Waals surface area contributed by atoms with E-state index < -0.39 is 0 Å². The van der Waals surface area contributed by atoms with Crippen molar-refractivity contribution >= 4 is 11.8 Å². The van der Waals surface area contributed by atoms with Gasteiger partial charge in [0.2, 0.25) is 5.95 Å². The van der Waals surface area contributed by atoms with Crippen LogP contribution in [0.5, 0.6) is 0 Å². The van der Waals surface area contributed by atoms with E-state index in [2.05, 4.69) is 29.0 Å². The normalized spacial score (nSPS) is 13.7. The SMILES string of the molecule is Cc1cc(C(C)C)nc(N(C)CC(C)/C(N)=N/O)n1. The third-order valence-electron chi connectivity index (χ3n) is 2.96. The van der Waals surface area contributed by atoms with Gasteiger partial charge in [0.05, 0.1) is 0 Å². The number of aromatic nitrogens is 2. The summed E-state index contributed by atoms with van der Waals surface area (Å²) in [5, 5.41) is 11.7. The number of rotatable bonds is 5. The van der Waals surface area contributed by atoms with Gasteiger partial charge in [0, 0.05) is 30.9 Å². The Balaban J connectivity index is 2.90. The molecule has 1 atom stereocenters. The number of hydrogen-bond donors (Lipinski definition) is 2. The van der Waals surface area contributed by atoms with E-state index in [1.54, 1.807) is 0 Å². The summed E-state index contributed by atoms with van der Waals surface area (Å²) in [5.41, 5.74) is 7.54. The van der Waals surface area contributed by atoms with Gasteiger partial charge in [-0.3, -0.25) is 0 Å². The van der Waals surface area contributed by atoms with Crippen molar-refractivity contribution < 1.29 is 5.21 Å². The Morgan fingerprint density at radius 2 is 2.05 bits per heavy atom. The summed E-state index contributed by atoms with van der Waals surface area (Å²) in [6, 6.07) is 2.00. The highest BCUT2D eigenvalue weighted by molar-refractivity contribution is 5.82. The van der Waals surface area contributed by atoms with E-state index in [0.717, 1.165) is 11.4 Å². The lowest BCUT2D eigenvalue weighted by atomic mass is 10.1. The molecule has 19 heavy (non-hydrogen) atoms. The van der Waals surface area contributed by atoms with Crippen LogP contribution in [0.15, 0.2) is 11.2 Å². The number of hydrogen-bond acceptors (Lipinski definition) is 5. The molecule has 106 valence electrons. The van der Waals surface area contributed by atoms with Crippen LogP contribution in [0.1, 0.15) is 38.1 Å². The second-order valence-corrected chi connectivity index (χ2v) is 5.20. The minimum absolute atomic E-state index is 0.0680. The van der Waals surface area contributed by atoms with E-state index in [0.29, 0.717) is 18.4 Å². The average Bonchev–Trinajstić information content (AvgIpc) is 2.36. The Bertz CT molecular complexity index is 458. The van der Waals surface area contributed by atoms with Gasteiger partial charge < -0.3 is 15.8 Å². The average molecular weight is 265 g/mol. The molecule has 0 aliphatic heterocycles. The maximum atomic E-state index is 8.66. The van der Waals surface area contributed by atoms with E-state index in [1.807, 2.05) is 31.9 Å². The van der Waals surface area contributed by atoms with Crippen molar-refractivity contribution in [3.8, 4) is 0 Å². The standard InChI is InChI=1S/C13H23N5O/c1-8(2)11-6-10(4)15-13(16-11)18(5)7-9(3)12(14)17-19/h6,8-9,19H,7H2,1-5H3,(H2,14,17). The summed E-state index contributed by atoms with van der Waals surface area (Å²) >= 11 is 0. The zero-order chi connectivity index (χ0) is 14.6. The van der Waals surface area contributed by atoms with Crippen LogP contribution >= 0.6 is 0 Å². The van der Waals surface area contributed by atoms with Crippen LogP contribution in [0.2, 0.25) is 0 Å². The molecule has 0 aromatic carbocycles. The maximum absolute atomic E-state index is 8.66. The second kappa shape index (κ2) is 6.36. The van der Waals surface area contributed by atoms with Gasteiger partial charge in [-0.1, -0.05) is 25.9 Å². The fourth-order valence-corrected chi connectivity index (χ4v) is 1.73. The zero-order valence-electron chi connectivity index (χ0n) is 12.3. The number of anilines is 1. The fraction of sp³-hybridized carbons (Fsp3) is 0.615. The highest BCUT2D eigenvalue weighted by Crippen LogP contribution is 2.16. The first-order valence-electron chi connectivity index (χ1n) is 6.39. The molecule has 0 bridgehead atoms. The van der Waals surface area contributed by atoms with E-state index in [1.165, 1.54) is 0 Å². The fourth-order valence-electron chi connectivity index (χ4n) is 1.73. The largest absolute Gasteiger partial charge is 0.409 e. The van der Waals surface area contributed by atoms with Gasteiger partial charge in [0.25, 0.3) is 0 Å². The lowest BCUT2D eigenvalue weighted by Crippen LogP contribution is -2.33. The minimum Gasteiger partial charge on any atom is -0.409 e. The number of nitrogens with zero attached hydrogens (tertiary/aromatic N) is 4. The molecule has 6 nitrogen and oxygen atoms in total. The molecule has 0 amide bonds. The first-order chi connectivity index (χ1) is 8.85. The van der Waals surface area contributed by atoms with Crippen molar-refractivity contribution in [1.82, 2.24) is 9.97 Å². The van der Waals surface area contributed by atoms with Crippen LogP contribution in [0, 0.1) is 12.8 Å². The van der Waals surface area contributed by atoms with Crippen LogP contribution in [-0.4, -0.2) is 34.6 Å². The predicted octanol–water partition coefficient (Wildman–Crippen LogP) is 1.73. The molecule has 1 aromatic rings. The quantitative estimate of drug-likeness (QED) is 0.366. The number of nitrogens with two attached hydrogens (primary N) is 1. The number of aryl methyl sites for hydroxylation is 1. The van der Waals surface area contributed by atoms with Gasteiger partial charge in [0.15, 0.2) is 0 Å². The third kappa shape index (κ3) is 4.08. The first-order valence-corrected chi connectivity index (χ1v) is 6.39. The summed E-state index contributed by atoms with van der Waals surface area (Å²) < 4.78 is 0. The summed E-state index contributed by atoms with van der Waals surface area (Å²) in [5.74, 6) is 1.17. The van der Waals surface area contributed by atoms with Crippen LogP contribution in [0.25, 0.3) is 0 Å². The molecule has 0 radical (unpaired) electrons. The van der Waals surface area contributed by atoms with Crippen molar-refractivity contribution in [1.29, 1.82) is 0 Å². The molecule has 0 saturated heterocycles. The molecule has 1 heterocycles. The molecule has 1 aromatic heterocycles. The van der Waals surface area contributed by atoms with Crippen LogP contribution in [0.4, 0.5) is 5.95 Å². The van der Waals surface area contributed by atoms with Crippen molar-refractivity contribution in [3.63, 3.8) is 0 Å². The zero-order valence-corrected chi connectivity index (χ0v) is 12.3. The molecule has 0 saturated carbocycles. The van der Waals surface area contributed by atoms with Crippen LogP contribution in [-0.2, 0) is 0 Å². The summed E-state index contributed by atoms with van der Waals surface area (Å²) in [7, 11) is 1.90. The Labute approximate surface area is 114 Å². The summed E-state index contributed by atoms with van der Waals surface area (Å²) in [6.07, 6.45) is 0. The van der Waals surface area contributed by atoms with Gasteiger partial charge in [-0.2, -0.15) is 0 Å². The molecule has 6 heteroatoms. The summed E-state index contributed by atoms with van der Waals surface area (Å²) in [4.78, 5) is 10.9. The molecule has 0 aliphatic rings. The number of oxime groups is 1. The molecular formula is C13H23N5O. The molecule has 0 fully saturated rings. The van der Waals surface area contributed by atoms with Gasteiger partial charge >= 0.3 is 0 Å². The smallest absolute Gasteiger partial charge is 0.225 e. The molecular weight excluding hydrogens is 242 g/mol. The Kier molecular flexibility index (Phi) is 5.09. The molecule has 1 unspecified atom stereocenters. The highest BCUT2D eigenvalue weighted by atomic mass is 16.4. The Morgan fingerprint density at radius 3 is 2.58 bits per heavy atom. The second-order valence-electron chi connectivity index (χ2n) is 5.20.